The zero-order valence-corrected chi connectivity index (χ0v) is 20.5. The fraction of sp³-hybridized carbons (Fsp3) is 0.241. The van der Waals surface area contributed by atoms with Gasteiger partial charge in [-0.15, -0.1) is 10.2 Å². The van der Waals surface area contributed by atoms with Crippen LogP contribution in [0.2, 0.25) is 0 Å². The van der Waals surface area contributed by atoms with Gasteiger partial charge in [-0.1, -0.05) is 30.0 Å². The summed E-state index contributed by atoms with van der Waals surface area (Å²) in [6, 6.07) is 17.1. The monoisotopic (exact) mass is 476 g/mol. The van der Waals surface area contributed by atoms with Crippen molar-refractivity contribution in [1.82, 2.24) is 24.6 Å². The Morgan fingerprint density at radius 2 is 1.86 bits per heavy atom. The molecule has 0 fully saturated rings. The van der Waals surface area contributed by atoms with Crippen molar-refractivity contribution < 1.29 is 4.39 Å². The highest BCUT2D eigenvalue weighted by molar-refractivity contribution is 5.94. The smallest absolute Gasteiger partial charge is 0.257 e. The predicted octanol–water partition coefficient (Wildman–Crippen LogP) is 5.53. The maximum absolute atomic E-state index is 15.3. The molecular weight excluding hydrogens is 451 g/mol. The maximum atomic E-state index is 15.3. The number of aryl methyl sites for hydroxylation is 1. The molecule has 4 heterocycles. The number of aromatic nitrogens is 5. The zero-order valence-electron chi connectivity index (χ0n) is 20.5. The number of anilines is 2. The standard InChI is InChI=1S/C29H25FN6/c1-19-33-34-28-32-27(26-22(30)11-7-13-24(26)36(19)28)35-18-8-10-21-20(9-6-12-23(21)35)15-16-29(2,3)25-14-4-5-17-31-25/h4-7,9,11-14,17H,8,10,18H2,1-3H3. The molecule has 178 valence electrons. The van der Waals surface area contributed by atoms with Gasteiger partial charge in [0, 0.05) is 24.0 Å². The van der Waals surface area contributed by atoms with E-state index in [9.17, 15) is 0 Å². The fourth-order valence-electron chi connectivity index (χ4n) is 4.95. The Kier molecular flexibility index (Phi) is 5.18. The molecule has 0 atom stereocenters. The molecule has 2 aromatic carbocycles. The highest BCUT2D eigenvalue weighted by Crippen LogP contribution is 2.38. The average molecular weight is 477 g/mol. The second kappa shape index (κ2) is 8.42. The number of hydrogen-bond acceptors (Lipinski definition) is 5. The molecule has 0 unspecified atom stereocenters. The summed E-state index contributed by atoms with van der Waals surface area (Å²) >= 11 is 0. The lowest BCUT2D eigenvalue weighted by Gasteiger charge is -2.32. The highest BCUT2D eigenvalue weighted by Gasteiger charge is 2.26. The van der Waals surface area contributed by atoms with E-state index in [1.807, 2.05) is 37.3 Å². The Labute approximate surface area is 208 Å². The van der Waals surface area contributed by atoms with Crippen molar-refractivity contribution >= 4 is 28.2 Å². The van der Waals surface area contributed by atoms with Crippen LogP contribution in [0.25, 0.3) is 16.7 Å². The first-order valence-electron chi connectivity index (χ1n) is 12.1. The lowest BCUT2D eigenvalue weighted by Crippen LogP contribution is -2.26. The van der Waals surface area contributed by atoms with Gasteiger partial charge in [0.25, 0.3) is 5.78 Å². The Hall–Kier alpha value is -4.31. The molecular formula is C29H25FN6. The minimum atomic E-state index is -0.393. The number of rotatable bonds is 2. The minimum Gasteiger partial charge on any atom is -0.325 e. The Bertz CT molecular complexity index is 1680. The van der Waals surface area contributed by atoms with E-state index in [4.69, 9.17) is 4.98 Å². The molecule has 1 aliphatic rings. The van der Waals surface area contributed by atoms with Gasteiger partial charge in [-0.25, -0.2) is 4.39 Å². The third kappa shape index (κ3) is 3.57. The first kappa shape index (κ1) is 22.2. The number of benzene rings is 2. The molecule has 0 saturated carbocycles. The molecule has 0 N–H and O–H groups in total. The molecule has 3 aromatic heterocycles. The second-order valence-corrected chi connectivity index (χ2v) is 9.60. The lowest BCUT2D eigenvalue weighted by molar-refractivity contribution is 0.638. The van der Waals surface area contributed by atoms with Crippen LogP contribution in [0.4, 0.5) is 15.9 Å². The van der Waals surface area contributed by atoms with Crippen LogP contribution in [0.3, 0.4) is 0 Å². The van der Waals surface area contributed by atoms with Gasteiger partial charge in [-0.2, -0.15) is 4.98 Å². The van der Waals surface area contributed by atoms with Gasteiger partial charge >= 0.3 is 0 Å². The molecule has 0 bridgehead atoms. The summed E-state index contributed by atoms with van der Waals surface area (Å²) in [5, 5.41) is 8.88. The van der Waals surface area contributed by atoms with Crippen LogP contribution in [0.1, 0.15) is 42.9 Å². The van der Waals surface area contributed by atoms with Crippen LogP contribution in [0.15, 0.2) is 60.8 Å². The van der Waals surface area contributed by atoms with Crippen LogP contribution in [0, 0.1) is 24.6 Å². The Balaban J connectivity index is 1.50. The third-order valence-electron chi connectivity index (χ3n) is 6.79. The second-order valence-electron chi connectivity index (χ2n) is 9.60. The summed E-state index contributed by atoms with van der Waals surface area (Å²) in [7, 11) is 0. The van der Waals surface area contributed by atoms with E-state index in [-0.39, 0.29) is 5.82 Å². The van der Waals surface area contributed by atoms with Crippen molar-refractivity contribution in [3.63, 3.8) is 0 Å². The third-order valence-corrected chi connectivity index (χ3v) is 6.79. The first-order valence-corrected chi connectivity index (χ1v) is 12.1. The lowest BCUT2D eigenvalue weighted by atomic mass is 9.88. The van der Waals surface area contributed by atoms with Crippen LogP contribution < -0.4 is 4.90 Å². The van der Waals surface area contributed by atoms with E-state index in [1.54, 1.807) is 16.7 Å². The molecule has 36 heavy (non-hydrogen) atoms. The Morgan fingerprint density at radius 3 is 2.69 bits per heavy atom. The van der Waals surface area contributed by atoms with Gasteiger partial charge < -0.3 is 4.90 Å². The molecule has 1 aliphatic heterocycles. The molecule has 0 amide bonds. The van der Waals surface area contributed by atoms with Gasteiger partial charge in [0.1, 0.15) is 17.5 Å². The largest absolute Gasteiger partial charge is 0.325 e. The molecule has 6 rings (SSSR count). The number of fused-ring (bicyclic) bond motifs is 4. The zero-order chi connectivity index (χ0) is 24.9. The molecule has 6 nitrogen and oxygen atoms in total. The fourth-order valence-corrected chi connectivity index (χ4v) is 4.95. The first-order chi connectivity index (χ1) is 17.4. The van der Waals surface area contributed by atoms with Crippen molar-refractivity contribution in [3.05, 3.63) is 89.3 Å². The number of hydrogen-bond donors (Lipinski definition) is 0. The summed E-state index contributed by atoms with van der Waals surface area (Å²) in [4.78, 5) is 11.4. The van der Waals surface area contributed by atoms with E-state index in [0.717, 1.165) is 41.9 Å². The van der Waals surface area contributed by atoms with Crippen molar-refractivity contribution in [2.24, 2.45) is 0 Å². The minimum absolute atomic E-state index is 0.315. The molecule has 5 aromatic rings. The van der Waals surface area contributed by atoms with Gasteiger partial charge in [0.05, 0.1) is 22.0 Å². The van der Waals surface area contributed by atoms with Gasteiger partial charge in [-0.05, 0) is 75.6 Å². The summed E-state index contributed by atoms with van der Waals surface area (Å²) < 4.78 is 17.1. The van der Waals surface area contributed by atoms with E-state index in [2.05, 4.69) is 57.9 Å². The normalized spacial score (nSPS) is 13.5. The quantitative estimate of drug-likeness (QED) is 0.314. The topological polar surface area (TPSA) is 59.2 Å². The summed E-state index contributed by atoms with van der Waals surface area (Å²) in [5.74, 6) is 8.24. The molecule has 0 radical (unpaired) electrons. The van der Waals surface area contributed by atoms with Crippen LogP contribution in [0.5, 0.6) is 0 Å². The Morgan fingerprint density at radius 1 is 1.00 bits per heavy atom. The molecule has 0 spiro atoms. The van der Waals surface area contributed by atoms with Gasteiger partial charge in [-0.3, -0.25) is 9.38 Å². The average Bonchev–Trinajstić information content (AvgIpc) is 3.28. The highest BCUT2D eigenvalue weighted by atomic mass is 19.1. The van der Waals surface area contributed by atoms with Crippen LogP contribution in [-0.2, 0) is 11.8 Å². The number of pyridine rings is 1. The SMILES string of the molecule is Cc1nnc2nc(N3CCCc4c(C#CC(C)(C)c5ccccn5)cccc43)c3c(F)cccc3n12. The summed E-state index contributed by atoms with van der Waals surface area (Å²) in [5.41, 5.74) is 4.38. The van der Waals surface area contributed by atoms with Crippen molar-refractivity contribution in [2.75, 3.05) is 11.4 Å². The van der Waals surface area contributed by atoms with Crippen LogP contribution >= 0.6 is 0 Å². The summed E-state index contributed by atoms with van der Waals surface area (Å²) in [6.07, 6.45) is 3.60. The van der Waals surface area contributed by atoms with E-state index in [1.165, 1.54) is 6.07 Å². The van der Waals surface area contributed by atoms with Gasteiger partial charge in [0.2, 0.25) is 0 Å². The van der Waals surface area contributed by atoms with E-state index in [0.29, 0.717) is 28.3 Å². The molecule has 0 aliphatic carbocycles. The van der Waals surface area contributed by atoms with E-state index < -0.39 is 5.41 Å². The molecule has 7 heteroatoms. The van der Waals surface area contributed by atoms with Crippen LogP contribution in [-0.4, -0.2) is 31.1 Å². The van der Waals surface area contributed by atoms with Crippen molar-refractivity contribution in [2.45, 2.75) is 39.0 Å². The predicted molar refractivity (Wildman–Crippen MR) is 139 cm³/mol. The maximum Gasteiger partial charge on any atom is 0.257 e. The number of halogens is 1. The van der Waals surface area contributed by atoms with E-state index >= 15 is 4.39 Å². The van der Waals surface area contributed by atoms with Crippen molar-refractivity contribution in [3.8, 4) is 11.8 Å². The summed E-state index contributed by atoms with van der Waals surface area (Å²) in [6.45, 7) is 6.74. The number of nitrogens with zero attached hydrogens (tertiary/aromatic N) is 6. The molecule has 0 saturated heterocycles. The van der Waals surface area contributed by atoms with Crippen molar-refractivity contribution in [1.29, 1.82) is 0 Å². The van der Waals surface area contributed by atoms with Gasteiger partial charge in [0.15, 0.2) is 0 Å².